The summed E-state index contributed by atoms with van der Waals surface area (Å²) in [5.74, 6) is 4.01. The number of benzene rings is 2. The van der Waals surface area contributed by atoms with Crippen LogP contribution in [-0.4, -0.2) is 14.2 Å². The van der Waals surface area contributed by atoms with Crippen molar-refractivity contribution in [3.63, 3.8) is 0 Å². The zero-order valence-corrected chi connectivity index (χ0v) is 14.6. The maximum atomic E-state index is 5.48. The van der Waals surface area contributed by atoms with E-state index in [-0.39, 0.29) is 0 Å². The quantitative estimate of drug-likeness (QED) is 0.761. The third-order valence-corrected chi connectivity index (χ3v) is 6.07. The van der Waals surface area contributed by atoms with Crippen LogP contribution < -0.4 is 9.47 Å². The minimum atomic E-state index is 0.627. The molecule has 0 N–H and O–H groups in total. The van der Waals surface area contributed by atoms with Gasteiger partial charge in [0.15, 0.2) is 0 Å². The van der Waals surface area contributed by atoms with Crippen LogP contribution in [0.25, 0.3) is 0 Å². The van der Waals surface area contributed by atoms with Crippen molar-refractivity contribution in [2.24, 2.45) is 5.92 Å². The van der Waals surface area contributed by atoms with Crippen molar-refractivity contribution in [2.45, 2.75) is 43.9 Å². The molecule has 0 heterocycles. The van der Waals surface area contributed by atoms with Crippen LogP contribution in [0.15, 0.2) is 42.5 Å². The third-order valence-electron chi connectivity index (χ3n) is 6.07. The second-order valence-electron chi connectivity index (χ2n) is 7.20. The van der Waals surface area contributed by atoms with Gasteiger partial charge in [0.25, 0.3) is 0 Å². The number of rotatable bonds is 3. The van der Waals surface area contributed by atoms with Crippen molar-refractivity contribution in [1.82, 2.24) is 0 Å². The second-order valence-corrected chi connectivity index (χ2v) is 7.20. The summed E-state index contributed by atoms with van der Waals surface area (Å²) >= 11 is 0. The van der Waals surface area contributed by atoms with Gasteiger partial charge in [-0.25, -0.2) is 0 Å². The molecule has 126 valence electrons. The summed E-state index contributed by atoms with van der Waals surface area (Å²) in [5.41, 5.74) is 4.53. The maximum absolute atomic E-state index is 5.48. The summed E-state index contributed by atoms with van der Waals surface area (Å²) in [6.45, 7) is 0. The standard InChI is InChI=1S/C22H26O2/c1-23-17-10-7-15(8-11-17)21-13-16-9-12-18(24-2)14-22(16)20-6-4-3-5-19(20)21/h7-12,14,19-21H,3-6,13H2,1-2H3. The molecule has 2 aromatic carbocycles. The first-order chi connectivity index (χ1) is 11.8. The number of hydrogen-bond donors (Lipinski definition) is 0. The maximum Gasteiger partial charge on any atom is 0.119 e. The molecule has 0 spiro atoms. The Morgan fingerprint density at radius 3 is 2.25 bits per heavy atom. The van der Waals surface area contributed by atoms with Gasteiger partial charge in [-0.1, -0.05) is 31.0 Å². The first kappa shape index (κ1) is 15.6. The highest BCUT2D eigenvalue weighted by molar-refractivity contribution is 5.43. The Labute approximate surface area is 144 Å². The Bertz CT molecular complexity index is 704. The molecule has 0 amide bonds. The van der Waals surface area contributed by atoms with Crippen molar-refractivity contribution in [1.29, 1.82) is 0 Å². The highest BCUT2D eigenvalue weighted by Gasteiger charge is 2.38. The largest absolute Gasteiger partial charge is 0.497 e. The molecule has 4 rings (SSSR count). The highest BCUT2D eigenvalue weighted by atomic mass is 16.5. The summed E-state index contributed by atoms with van der Waals surface area (Å²) in [6, 6.07) is 15.5. The lowest BCUT2D eigenvalue weighted by molar-refractivity contribution is 0.242. The van der Waals surface area contributed by atoms with Gasteiger partial charge in [0, 0.05) is 0 Å². The van der Waals surface area contributed by atoms with Gasteiger partial charge in [0.05, 0.1) is 14.2 Å². The third kappa shape index (κ3) is 2.68. The summed E-state index contributed by atoms with van der Waals surface area (Å²) in [7, 11) is 3.50. The van der Waals surface area contributed by atoms with Crippen LogP contribution in [0.3, 0.4) is 0 Å². The summed E-state index contributed by atoms with van der Waals surface area (Å²) < 4.78 is 10.8. The van der Waals surface area contributed by atoms with Gasteiger partial charge in [-0.3, -0.25) is 0 Å². The Morgan fingerprint density at radius 1 is 0.792 bits per heavy atom. The van der Waals surface area contributed by atoms with Crippen LogP contribution in [0.1, 0.15) is 54.2 Å². The van der Waals surface area contributed by atoms with Gasteiger partial charge in [-0.2, -0.15) is 0 Å². The van der Waals surface area contributed by atoms with E-state index in [1.807, 2.05) is 0 Å². The van der Waals surface area contributed by atoms with Gasteiger partial charge in [-0.05, 0) is 78.0 Å². The van der Waals surface area contributed by atoms with Crippen LogP contribution in [0, 0.1) is 5.92 Å². The zero-order valence-electron chi connectivity index (χ0n) is 14.6. The minimum absolute atomic E-state index is 0.627. The van der Waals surface area contributed by atoms with Crippen molar-refractivity contribution in [2.75, 3.05) is 14.2 Å². The lowest BCUT2D eigenvalue weighted by atomic mass is 9.61. The van der Waals surface area contributed by atoms with Crippen LogP contribution in [0.4, 0.5) is 0 Å². The molecule has 2 nitrogen and oxygen atoms in total. The first-order valence-electron chi connectivity index (χ1n) is 9.11. The SMILES string of the molecule is COc1ccc(C2Cc3ccc(OC)cc3C3CCCCC23)cc1. The second kappa shape index (κ2) is 6.51. The van der Waals surface area contributed by atoms with Gasteiger partial charge in [0.1, 0.15) is 11.5 Å². The van der Waals surface area contributed by atoms with Gasteiger partial charge in [0.2, 0.25) is 0 Å². The predicted molar refractivity (Wildman–Crippen MR) is 97.1 cm³/mol. The fourth-order valence-corrected chi connectivity index (χ4v) is 4.86. The molecule has 0 saturated heterocycles. The first-order valence-corrected chi connectivity index (χ1v) is 9.11. The topological polar surface area (TPSA) is 18.5 Å². The molecular weight excluding hydrogens is 296 g/mol. The van der Waals surface area contributed by atoms with Gasteiger partial charge < -0.3 is 9.47 Å². The molecule has 2 heteroatoms. The Kier molecular flexibility index (Phi) is 4.22. The van der Waals surface area contributed by atoms with Crippen molar-refractivity contribution in [3.05, 3.63) is 59.2 Å². The summed E-state index contributed by atoms with van der Waals surface area (Å²) in [6.07, 6.45) is 6.53. The van der Waals surface area contributed by atoms with Crippen LogP contribution in [0.2, 0.25) is 0 Å². The number of ether oxygens (including phenoxy) is 2. The molecule has 1 saturated carbocycles. The average molecular weight is 322 g/mol. The number of methoxy groups -OCH3 is 2. The molecular formula is C22H26O2. The molecule has 1 fully saturated rings. The van der Waals surface area contributed by atoms with Gasteiger partial charge >= 0.3 is 0 Å². The van der Waals surface area contributed by atoms with E-state index >= 15 is 0 Å². The van der Waals surface area contributed by atoms with E-state index in [0.717, 1.165) is 23.8 Å². The highest BCUT2D eigenvalue weighted by Crippen LogP contribution is 2.51. The monoisotopic (exact) mass is 322 g/mol. The Balaban J connectivity index is 1.72. The molecule has 0 radical (unpaired) electrons. The van der Waals surface area contributed by atoms with Crippen molar-refractivity contribution in [3.8, 4) is 11.5 Å². The van der Waals surface area contributed by atoms with Crippen molar-refractivity contribution >= 4 is 0 Å². The van der Waals surface area contributed by atoms with Crippen molar-refractivity contribution < 1.29 is 9.47 Å². The molecule has 0 bridgehead atoms. The summed E-state index contributed by atoms with van der Waals surface area (Å²) in [4.78, 5) is 0. The van der Waals surface area contributed by atoms with E-state index in [9.17, 15) is 0 Å². The molecule has 24 heavy (non-hydrogen) atoms. The number of fused-ring (bicyclic) bond motifs is 3. The van der Waals surface area contributed by atoms with E-state index in [0.29, 0.717) is 11.8 Å². The molecule has 2 aliphatic rings. The molecule has 3 atom stereocenters. The van der Waals surface area contributed by atoms with E-state index in [1.54, 1.807) is 19.8 Å². The minimum Gasteiger partial charge on any atom is -0.497 e. The lowest BCUT2D eigenvalue weighted by Gasteiger charge is -2.43. The zero-order chi connectivity index (χ0) is 16.5. The van der Waals surface area contributed by atoms with E-state index in [4.69, 9.17) is 9.47 Å². The van der Waals surface area contributed by atoms with Gasteiger partial charge in [-0.15, -0.1) is 0 Å². The molecule has 3 unspecified atom stereocenters. The van der Waals surface area contributed by atoms with Crippen LogP contribution in [0.5, 0.6) is 11.5 Å². The summed E-state index contributed by atoms with van der Waals surface area (Å²) in [5, 5.41) is 0. The molecule has 2 aliphatic carbocycles. The Morgan fingerprint density at radius 2 is 1.50 bits per heavy atom. The molecule has 0 aromatic heterocycles. The van der Waals surface area contributed by atoms with E-state index < -0.39 is 0 Å². The van der Waals surface area contributed by atoms with E-state index in [2.05, 4.69) is 42.5 Å². The predicted octanol–water partition coefficient (Wildman–Crippen LogP) is 5.32. The lowest BCUT2D eigenvalue weighted by Crippen LogP contribution is -2.30. The Hall–Kier alpha value is -1.96. The molecule has 2 aromatic rings. The fourth-order valence-electron chi connectivity index (χ4n) is 4.86. The number of hydrogen-bond acceptors (Lipinski definition) is 2. The molecule has 0 aliphatic heterocycles. The smallest absolute Gasteiger partial charge is 0.119 e. The normalized spacial score (nSPS) is 25.5. The van der Waals surface area contributed by atoms with Crippen LogP contribution in [-0.2, 0) is 6.42 Å². The average Bonchev–Trinajstić information content (AvgIpc) is 2.67. The fraction of sp³-hybridized carbons (Fsp3) is 0.455. The van der Waals surface area contributed by atoms with E-state index in [1.165, 1.54) is 36.8 Å². The van der Waals surface area contributed by atoms with Crippen LogP contribution >= 0.6 is 0 Å².